The van der Waals surface area contributed by atoms with Gasteiger partial charge in [-0.3, -0.25) is 0 Å². The molecule has 1 rings (SSSR count). The summed E-state index contributed by atoms with van der Waals surface area (Å²) in [6.07, 6.45) is 3.33. The van der Waals surface area contributed by atoms with Gasteiger partial charge in [-0.05, 0) is 37.9 Å². The zero-order valence-corrected chi connectivity index (χ0v) is 13.2. The van der Waals surface area contributed by atoms with Gasteiger partial charge >= 0.3 is 0 Å². The first-order chi connectivity index (χ1) is 9.30. The van der Waals surface area contributed by atoms with Crippen LogP contribution in [-0.2, 0) is 22.3 Å². The van der Waals surface area contributed by atoms with Crippen LogP contribution in [0.5, 0.6) is 0 Å². The first-order valence-electron chi connectivity index (χ1n) is 7.17. The molecule has 0 fully saturated rings. The molecule has 1 heterocycles. The van der Waals surface area contributed by atoms with Crippen LogP contribution < -0.4 is 5.32 Å². The predicted molar refractivity (Wildman–Crippen MR) is 82.2 cm³/mol. The summed E-state index contributed by atoms with van der Waals surface area (Å²) >= 11 is 1.92. The number of methoxy groups -OCH3 is 1. The van der Waals surface area contributed by atoms with Crippen molar-refractivity contribution in [3.8, 4) is 0 Å². The second-order valence-electron chi connectivity index (χ2n) is 4.64. The molecule has 0 saturated carbocycles. The average molecular weight is 285 g/mol. The quantitative estimate of drug-likeness (QED) is 0.634. The van der Waals surface area contributed by atoms with Crippen LogP contribution in [0, 0.1) is 0 Å². The van der Waals surface area contributed by atoms with Gasteiger partial charge in [-0.15, -0.1) is 11.3 Å². The van der Waals surface area contributed by atoms with E-state index in [2.05, 4.69) is 31.3 Å². The molecule has 0 saturated heterocycles. The Bertz CT molecular complexity index is 328. The molecule has 1 aromatic heterocycles. The van der Waals surface area contributed by atoms with E-state index in [0.29, 0.717) is 19.3 Å². The van der Waals surface area contributed by atoms with Crippen molar-refractivity contribution in [1.29, 1.82) is 0 Å². The van der Waals surface area contributed by atoms with Crippen molar-refractivity contribution in [3.05, 3.63) is 21.9 Å². The lowest BCUT2D eigenvalue weighted by Crippen LogP contribution is -2.36. The van der Waals surface area contributed by atoms with E-state index >= 15 is 0 Å². The molecule has 1 N–H and O–H groups in total. The Balaban J connectivity index is 2.38. The van der Waals surface area contributed by atoms with Gasteiger partial charge in [0.1, 0.15) is 0 Å². The van der Waals surface area contributed by atoms with Gasteiger partial charge in [-0.1, -0.05) is 13.8 Å². The summed E-state index contributed by atoms with van der Waals surface area (Å²) in [6, 6.07) is 4.89. The lowest BCUT2D eigenvalue weighted by molar-refractivity contribution is 0.0588. The van der Waals surface area contributed by atoms with E-state index in [9.17, 15) is 0 Å². The van der Waals surface area contributed by atoms with Crippen LogP contribution in [0.25, 0.3) is 0 Å². The van der Waals surface area contributed by atoms with E-state index in [1.54, 1.807) is 7.11 Å². The molecule has 0 amide bonds. The Morgan fingerprint density at radius 3 is 2.63 bits per heavy atom. The summed E-state index contributed by atoms with van der Waals surface area (Å²) in [5.74, 6) is 0. The van der Waals surface area contributed by atoms with Crippen LogP contribution in [0.2, 0.25) is 0 Å². The minimum absolute atomic E-state index is 0.403. The SMILES string of the molecule is CCCNC(COCCOC)Cc1ccc(CC)s1. The third-order valence-corrected chi connectivity index (χ3v) is 4.20. The minimum Gasteiger partial charge on any atom is -0.382 e. The number of thiophene rings is 1. The first kappa shape index (κ1) is 16.6. The number of rotatable bonds is 11. The molecular formula is C15H27NO2S. The molecule has 4 heteroatoms. The average Bonchev–Trinajstić information content (AvgIpc) is 2.88. The van der Waals surface area contributed by atoms with Crippen molar-refractivity contribution < 1.29 is 9.47 Å². The maximum Gasteiger partial charge on any atom is 0.0701 e. The monoisotopic (exact) mass is 285 g/mol. The Hall–Kier alpha value is -0.420. The summed E-state index contributed by atoms with van der Waals surface area (Å²) in [5, 5.41) is 3.56. The Kier molecular flexibility index (Phi) is 9.08. The van der Waals surface area contributed by atoms with Gasteiger partial charge in [0.25, 0.3) is 0 Å². The molecule has 0 spiro atoms. The first-order valence-corrected chi connectivity index (χ1v) is 7.99. The molecule has 0 bridgehead atoms. The number of hydrogen-bond acceptors (Lipinski definition) is 4. The van der Waals surface area contributed by atoms with E-state index in [-0.39, 0.29) is 0 Å². The summed E-state index contributed by atoms with van der Waals surface area (Å²) in [7, 11) is 1.70. The van der Waals surface area contributed by atoms with Gasteiger partial charge in [0.15, 0.2) is 0 Å². The smallest absolute Gasteiger partial charge is 0.0701 e. The second kappa shape index (κ2) is 10.4. The molecule has 0 aliphatic heterocycles. The van der Waals surface area contributed by atoms with Gasteiger partial charge in [-0.25, -0.2) is 0 Å². The van der Waals surface area contributed by atoms with Crippen LogP contribution >= 0.6 is 11.3 Å². The fourth-order valence-corrected chi connectivity index (χ4v) is 2.91. The standard InChI is InChI=1S/C15H27NO2S/c1-4-8-16-13(12-18-10-9-17-3)11-15-7-6-14(5-2)19-15/h6-7,13,16H,4-5,8-12H2,1-3H3. The number of aryl methyl sites for hydroxylation is 1. The van der Waals surface area contributed by atoms with E-state index in [4.69, 9.17) is 9.47 Å². The number of hydrogen-bond donors (Lipinski definition) is 1. The minimum atomic E-state index is 0.403. The molecule has 1 unspecified atom stereocenters. The van der Waals surface area contributed by atoms with Crippen molar-refractivity contribution in [2.75, 3.05) is 33.5 Å². The van der Waals surface area contributed by atoms with Gasteiger partial charge in [0, 0.05) is 22.9 Å². The van der Waals surface area contributed by atoms with Crippen LogP contribution in [0.3, 0.4) is 0 Å². The van der Waals surface area contributed by atoms with Gasteiger partial charge < -0.3 is 14.8 Å². The molecule has 0 aromatic carbocycles. The Labute approximate surface area is 121 Å². The van der Waals surface area contributed by atoms with E-state index < -0.39 is 0 Å². The predicted octanol–water partition coefficient (Wildman–Crippen LogP) is 2.88. The fourth-order valence-electron chi connectivity index (χ4n) is 1.87. The van der Waals surface area contributed by atoms with Crippen molar-refractivity contribution in [2.45, 2.75) is 39.2 Å². The normalized spacial score (nSPS) is 12.8. The molecule has 0 radical (unpaired) electrons. The molecule has 3 nitrogen and oxygen atoms in total. The lowest BCUT2D eigenvalue weighted by Gasteiger charge is -2.18. The maximum atomic E-state index is 5.66. The lowest BCUT2D eigenvalue weighted by atomic mass is 10.2. The van der Waals surface area contributed by atoms with Crippen LogP contribution in [0.15, 0.2) is 12.1 Å². The third-order valence-electron chi connectivity index (χ3n) is 2.95. The molecule has 1 aromatic rings. The highest BCUT2D eigenvalue weighted by Crippen LogP contribution is 2.18. The number of nitrogens with one attached hydrogen (secondary N) is 1. The summed E-state index contributed by atoms with van der Waals surface area (Å²) in [5.41, 5.74) is 0. The van der Waals surface area contributed by atoms with Crippen molar-refractivity contribution in [2.24, 2.45) is 0 Å². The number of ether oxygens (including phenoxy) is 2. The highest BCUT2D eigenvalue weighted by molar-refractivity contribution is 7.11. The highest BCUT2D eigenvalue weighted by Gasteiger charge is 2.10. The van der Waals surface area contributed by atoms with E-state index in [0.717, 1.165) is 32.4 Å². The van der Waals surface area contributed by atoms with Crippen molar-refractivity contribution in [3.63, 3.8) is 0 Å². The molecule has 0 aliphatic rings. The topological polar surface area (TPSA) is 30.5 Å². The molecule has 19 heavy (non-hydrogen) atoms. The summed E-state index contributed by atoms with van der Waals surface area (Å²) in [4.78, 5) is 2.91. The van der Waals surface area contributed by atoms with E-state index in [1.807, 2.05) is 11.3 Å². The summed E-state index contributed by atoms with van der Waals surface area (Å²) < 4.78 is 10.7. The largest absolute Gasteiger partial charge is 0.382 e. The third kappa shape index (κ3) is 7.06. The molecular weight excluding hydrogens is 258 g/mol. The van der Waals surface area contributed by atoms with Crippen LogP contribution in [-0.4, -0.2) is 39.5 Å². The summed E-state index contributed by atoms with van der Waals surface area (Å²) in [6.45, 7) is 7.53. The van der Waals surface area contributed by atoms with Gasteiger partial charge in [0.2, 0.25) is 0 Å². The Morgan fingerprint density at radius 1 is 1.21 bits per heavy atom. The zero-order chi connectivity index (χ0) is 13.9. The van der Waals surface area contributed by atoms with Gasteiger partial charge in [-0.2, -0.15) is 0 Å². The van der Waals surface area contributed by atoms with Crippen LogP contribution in [0.4, 0.5) is 0 Å². The Morgan fingerprint density at radius 2 is 2.00 bits per heavy atom. The second-order valence-corrected chi connectivity index (χ2v) is 5.90. The fraction of sp³-hybridized carbons (Fsp3) is 0.733. The van der Waals surface area contributed by atoms with Gasteiger partial charge in [0.05, 0.1) is 19.8 Å². The van der Waals surface area contributed by atoms with E-state index in [1.165, 1.54) is 9.75 Å². The maximum absolute atomic E-state index is 5.66. The van der Waals surface area contributed by atoms with Crippen molar-refractivity contribution >= 4 is 11.3 Å². The molecule has 110 valence electrons. The molecule has 1 atom stereocenters. The zero-order valence-electron chi connectivity index (χ0n) is 12.4. The van der Waals surface area contributed by atoms with Crippen molar-refractivity contribution in [1.82, 2.24) is 5.32 Å². The molecule has 0 aliphatic carbocycles. The highest BCUT2D eigenvalue weighted by atomic mass is 32.1. The van der Waals surface area contributed by atoms with Crippen LogP contribution in [0.1, 0.15) is 30.0 Å².